The number of nitro benzene ring substituents is 1. The lowest BCUT2D eigenvalue weighted by molar-refractivity contribution is -0.384. The van der Waals surface area contributed by atoms with Crippen LogP contribution in [0.15, 0.2) is 18.2 Å². The predicted molar refractivity (Wildman–Crippen MR) is 81.6 cm³/mol. The standard InChI is InChI=1S/C16H22N2O3/c1-12-4-5-14(15(10-12)18(19)20)17-13-6-9-21-16(11-13)7-2-3-8-16/h4-5,10,13,17H,2-3,6-9,11H2,1H3. The Hall–Kier alpha value is -1.62. The van der Waals surface area contributed by atoms with Crippen molar-refractivity contribution in [2.45, 2.75) is 57.1 Å². The summed E-state index contributed by atoms with van der Waals surface area (Å²) in [4.78, 5) is 10.9. The molecule has 0 radical (unpaired) electrons. The van der Waals surface area contributed by atoms with Gasteiger partial charge in [-0.2, -0.15) is 0 Å². The Morgan fingerprint density at radius 1 is 1.38 bits per heavy atom. The quantitative estimate of drug-likeness (QED) is 0.679. The summed E-state index contributed by atoms with van der Waals surface area (Å²) in [6.45, 7) is 2.62. The average molecular weight is 290 g/mol. The molecule has 1 saturated carbocycles. The SMILES string of the molecule is Cc1ccc(NC2CCOC3(CCCC3)C2)c([N+](=O)[O-])c1. The van der Waals surface area contributed by atoms with E-state index >= 15 is 0 Å². The molecule has 5 nitrogen and oxygen atoms in total. The van der Waals surface area contributed by atoms with E-state index in [0.717, 1.165) is 37.9 Å². The first-order valence-electron chi connectivity index (χ1n) is 7.74. The molecule has 1 atom stereocenters. The second-order valence-corrected chi connectivity index (χ2v) is 6.35. The van der Waals surface area contributed by atoms with Crippen molar-refractivity contribution in [1.82, 2.24) is 0 Å². The van der Waals surface area contributed by atoms with Crippen molar-refractivity contribution in [3.8, 4) is 0 Å². The van der Waals surface area contributed by atoms with Gasteiger partial charge in [-0.15, -0.1) is 0 Å². The molecule has 1 aromatic rings. The number of nitrogens with one attached hydrogen (secondary N) is 1. The summed E-state index contributed by atoms with van der Waals surface area (Å²) in [5.41, 5.74) is 1.73. The van der Waals surface area contributed by atoms with Crippen molar-refractivity contribution < 1.29 is 9.66 Å². The summed E-state index contributed by atoms with van der Waals surface area (Å²) >= 11 is 0. The van der Waals surface area contributed by atoms with Crippen molar-refractivity contribution in [3.63, 3.8) is 0 Å². The van der Waals surface area contributed by atoms with Crippen molar-refractivity contribution in [2.75, 3.05) is 11.9 Å². The Morgan fingerprint density at radius 3 is 2.86 bits per heavy atom. The molecule has 5 heteroatoms. The summed E-state index contributed by atoms with van der Waals surface area (Å²) in [6.07, 6.45) is 6.59. The molecular weight excluding hydrogens is 268 g/mol. The topological polar surface area (TPSA) is 64.4 Å². The Bertz CT molecular complexity index is 538. The molecular formula is C16H22N2O3. The first-order chi connectivity index (χ1) is 10.1. The summed E-state index contributed by atoms with van der Waals surface area (Å²) in [5.74, 6) is 0. The van der Waals surface area contributed by atoms with E-state index < -0.39 is 0 Å². The number of nitrogens with zero attached hydrogens (tertiary/aromatic N) is 1. The molecule has 0 bridgehead atoms. The zero-order chi connectivity index (χ0) is 14.9. The molecule has 1 saturated heterocycles. The van der Waals surface area contributed by atoms with E-state index in [9.17, 15) is 10.1 Å². The average Bonchev–Trinajstić information content (AvgIpc) is 2.88. The van der Waals surface area contributed by atoms with Crippen LogP contribution in [-0.4, -0.2) is 23.2 Å². The van der Waals surface area contributed by atoms with Gasteiger partial charge in [-0.25, -0.2) is 0 Å². The Kier molecular flexibility index (Phi) is 3.85. The monoisotopic (exact) mass is 290 g/mol. The molecule has 1 aliphatic heterocycles. The molecule has 0 amide bonds. The van der Waals surface area contributed by atoms with Crippen LogP contribution in [0.4, 0.5) is 11.4 Å². The molecule has 1 N–H and O–H groups in total. The van der Waals surface area contributed by atoms with Crippen molar-refractivity contribution in [2.24, 2.45) is 0 Å². The van der Waals surface area contributed by atoms with Gasteiger partial charge >= 0.3 is 0 Å². The van der Waals surface area contributed by atoms with Crippen molar-refractivity contribution in [3.05, 3.63) is 33.9 Å². The normalized spacial score (nSPS) is 24.1. The lowest BCUT2D eigenvalue weighted by atomic mass is 9.89. The Morgan fingerprint density at radius 2 is 2.14 bits per heavy atom. The first-order valence-corrected chi connectivity index (χ1v) is 7.74. The van der Waals surface area contributed by atoms with Crippen LogP contribution in [0.5, 0.6) is 0 Å². The summed E-state index contributed by atoms with van der Waals surface area (Å²) in [7, 11) is 0. The van der Waals surface area contributed by atoms with Gasteiger partial charge in [0.1, 0.15) is 5.69 Å². The Balaban J connectivity index is 1.75. The summed E-state index contributed by atoms with van der Waals surface area (Å²) in [5, 5.41) is 14.6. The lowest BCUT2D eigenvalue weighted by Gasteiger charge is -2.38. The van der Waals surface area contributed by atoms with Crippen LogP contribution in [0.1, 0.15) is 44.1 Å². The summed E-state index contributed by atoms with van der Waals surface area (Å²) in [6, 6.07) is 5.63. The third-order valence-corrected chi connectivity index (χ3v) is 4.72. The molecule has 2 aliphatic rings. The number of ether oxygens (including phenoxy) is 1. The van der Waals surface area contributed by atoms with E-state index in [2.05, 4.69) is 5.32 Å². The molecule has 1 aliphatic carbocycles. The number of nitro groups is 1. The fourth-order valence-electron chi connectivity index (χ4n) is 3.65. The molecule has 1 aromatic carbocycles. The molecule has 0 aromatic heterocycles. The maximum Gasteiger partial charge on any atom is 0.292 e. The first kappa shape index (κ1) is 14.3. The molecule has 21 heavy (non-hydrogen) atoms. The van der Waals surface area contributed by atoms with Gasteiger partial charge in [-0.05, 0) is 44.2 Å². The minimum atomic E-state index is -0.306. The van der Waals surface area contributed by atoms with E-state index in [1.54, 1.807) is 6.07 Å². The molecule has 1 unspecified atom stereocenters. The van der Waals surface area contributed by atoms with Gasteiger partial charge in [0.15, 0.2) is 0 Å². The van der Waals surface area contributed by atoms with Crippen molar-refractivity contribution in [1.29, 1.82) is 0 Å². The van der Waals surface area contributed by atoms with Crippen LogP contribution in [0, 0.1) is 17.0 Å². The highest BCUT2D eigenvalue weighted by molar-refractivity contribution is 5.63. The van der Waals surface area contributed by atoms with E-state index in [1.807, 2.05) is 19.1 Å². The van der Waals surface area contributed by atoms with Gasteiger partial charge in [0.05, 0.1) is 10.5 Å². The highest BCUT2D eigenvalue weighted by Crippen LogP contribution is 2.41. The number of rotatable bonds is 3. The lowest BCUT2D eigenvalue weighted by Crippen LogP contribution is -2.42. The third-order valence-electron chi connectivity index (χ3n) is 4.72. The van der Waals surface area contributed by atoms with Gasteiger partial charge in [0.2, 0.25) is 0 Å². The van der Waals surface area contributed by atoms with Gasteiger partial charge < -0.3 is 10.1 Å². The van der Waals surface area contributed by atoms with Crippen LogP contribution in [-0.2, 0) is 4.74 Å². The number of hydrogen-bond acceptors (Lipinski definition) is 4. The van der Waals surface area contributed by atoms with E-state index in [-0.39, 0.29) is 22.3 Å². The zero-order valence-corrected chi connectivity index (χ0v) is 12.4. The van der Waals surface area contributed by atoms with Crippen molar-refractivity contribution >= 4 is 11.4 Å². The number of hydrogen-bond donors (Lipinski definition) is 1. The van der Waals surface area contributed by atoms with Gasteiger partial charge in [0.25, 0.3) is 5.69 Å². The smallest absolute Gasteiger partial charge is 0.292 e. The van der Waals surface area contributed by atoms with Gasteiger partial charge in [-0.3, -0.25) is 10.1 Å². The molecule has 2 fully saturated rings. The van der Waals surface area contributed by atoms with Crippen LogP contribution in [0.2, 0.25) is 0 Å². The molecule has 1 heterocycles. The highest BCUT2D eigenvalue weighted by atomic mass is 16.6. The van der Waals surface area contributed by atoms with E-state index in [0.29, 0.717) is 5.69 Å². The second kappa shape index (κ2) is 5.64. The van der Waals surface area contributed by atoms with Crippen LogP contribution >= 0.6 is 0 Å². The fraction of sp³-hybridized carbons (Fsp3) is 0.625. The molecule has 1 spiro atoms. The van der Waals surface area contributed by atoms with Gasteiger partial charge in [-0.1, -0.05) is 18.9 Å². The largest absolute Gasteiger partial charge is 0.377 e. The number of benzene rings is 1. The number of anilines is 1. The predicted octanol–water partition coefficient (Wildman–Crippen LogP) is 3.81. The maximum atomic E-state index is 11.2. The maximum absolute atomic E-state index is 11.2. The van der Waals surface area contributed by atoms with Crippen LogP contribution < -0.4 is 5.32 Å². The molecule has 114 valence electrons. The van der Waals surface area contributed by atoms with Crippen LogP contribution in [0.3, 0.4) is 0 Å². The Labute approximate surface area is 124 Å². The highest BCUT2D eigenvalue weighted by Gasteiger charge is 2.40. The second-order valence-electron chi connectivity index (χ2n) is 6.35. The fourth-order valence-corrected chi connectivity index (χ4v) is 3.65. The zero-order valence-electron chi connectivity index (χ0n) is 12.4. The molecule has 3 rings (SSSR count). The minimum Gasteiger partial charge on any atom is -0.377 e. The van der Waals surface area contributed by atoms with Crippen LogP contribution in [0.25, 0.3) is 0 Å². The number of aryl methyl sites for hydroxylation is 1. The summed E-state index contributed by atoms with van der Waals surface area (Å²) < 4.78 is 6.02. The van der Waals surface area contributed by atoms with E-state index in [1.165, 1.54) is 12.8 Å². The third kappa shape index (κ3) is 3.02. The minimum absolute atomic E-state index is 0.0232. The van der Waals surface area contributed by atoms with E-state index in [4.69, 9.17) is 4.74 Å². The van der Waals surface area contributed by atoms with Gasteiger partial charge in [0, 0.05) is 18.7 Å².